The Kier molecular flexibility index (Phi) is 2.43. The van der Waals surface area contributed by atoms with Gasteiger partial charge in [0, 0.05) is 13.2 Å². The summed E-state index contributed by atoms with van der Waals surface area (Å²) in [6, 6.07) is 3.63. The molecular weight excluding hydrogens is 232 g/mol. The fourth-order valence-electron chi connectivity index (χ4n) is 2.29. The predicted octanol–water partition coefficient (Wildman–Crippen LogP) is 1.22. The Morgan fingerprint density at radius 2 is 2.39 bits per heavy atom. The first-order valence-corrected chi connectivity index (χ1v) is 5.92. The van der Waals surface area contributed by atoms with Crippen molar-refractivity contribution in [3.8, 4) is 0 Å². The second-order valence-electron chi connectivity index (χ2n) is 4.65. The van der Waals surface area contributed by atoms with E-state index in [0.717, 1.165) is 19.3 Å². The van der Waals surface area contributed by atoms with Crippen LogP contribution in [-0.2, 0) is 12.6 Å². The van der Waals surface area contributed by atoms with Crippen molar-refractivity contribution in [3.63, 3.8) is 0 Å². The van der Waals surface area contributed by atoms with Gasteiger partial charge in [0.1, 0.15) is 11.2 Å². The lowest BCUT2D eigenvalue weighted by atomic mass is 9.76. The molecule has 2 heterocycles. The lowest BCUT2D eigenvalue weighted by molar-refractivity contribution is 0.0796. The van der Waals surface area contributed by atoms with Gasteiger partial charge in [-0.15, -0.1) is 0 Å². The van der Waals surface area contributed by atoms with Crippen LogP contribution in [0.5, 0.6) is 0 Å². The van der Waals surface area contributed by atoms with Crippen LogP contribution in [0.4, 0.5) is 0 Å². The van der Waals surface area contributed by atoms with E-state index in [-0.39, 0.29) is 5.91 Å². The second kappa shape index (κ2) is 3.97. The third-order valence-corrected chi connectivity index (χ3v) is 3.53. The van der Waals surface area contributed by atoms with Gasteiger partial charge in [-0.2, -0.15) is 4.98 Å². The number of carbonyl (C=O) groups excluding carboxylic acids is 1. The summed E-state index contributed by atoms with van der Waals surface area (Å²) < 4.78 is 6.56. The van der Waals surface area contributed by atoms with Crippen molar-refractivity contribution < 1.29 is 9.32 Å². The summed E-state index contributed by atoms with van der Waals surface area (Å²) in [7, 11) is 1.84. The predicted molar refractivity (Wildman–Crippen MR) is 62.7 cm³/mol. The molecule has 0 saturated heterocycles. The molecule has 1 aliphatic rings. The summed E-state index contributed by atoms with van der Waals surface area (Å²) in [6.07, 6.45) is 5.90. The second-order valence-corrected chi connectivity index (χ2v) is 4.65. The van der Waals surface area contributed by atoms with Gasteiger partial charge in [-0.05, 0) is 31.4 Å². The van der Waals surface area contributed by atoms with Gasteiger partial charge in [0.2, 0.25) is 6.39 Å². The largest absolute Gasteiger partial charge is 0.347 e. The zero-order chi connectivity index (χ0) is 12.6. The van der Waals surface area contributed by atoms with Gasteiger partial charge < -0.3 is 14.4 Å². The first-order chi connectivity index (χ1) is 8.71. The molecule has 0 unspecified atom stereocenters. The zero-order valence-electron chi connectivity index (χ0n) is 10.1. The van der Waals surface area contributed by atoms with E-state index < -0.39 is 5.54 Å². The fraction of sp³-hybridized carbons (Fsp3) is 0.417. The van der Waals surface area contributed by atoms with Crippen LogP contribution < -0.4 is 5.32 Å². The maximum Gasteiger partial charge on any atom is 0.268 e. The van der Waals surface area contributed by atoms with Gasteiger partial charge >= 0.3 is 0 Å². The van der Waals surface area contributed by atoms with E-state index in [1.54, 1.807) is 10.6 Å². The molecule has 2 aromatic rings. The van der Waals surface area contributed by atoms with Crippen molar-refractivity contribution in [2.24, 2.45) is 7.05 Å². The Hall–Kier alpha value is -2.11. The SMILES string of the molecule is Cn1cccc1C(=O)NC1(c2ncon2)CCC1. The van der Waals surface area contributed by atoms with Crippen molar-refractivity contribution in [3.05, 3.63) is 36.2 Å². The van der Waals surface area contributed by atoms with Gasteiger partial charge in [-0.25, -0.2) is 0 Å². The van der Waals surface area contributed by atoms with Gasteiger partial charge in [0.25, 0.3) is 5.91 Å². The lowest BCUT2D eigenvalue weighted by Gasteiger charge is -2.39. The highest BCUT2D eigenvalue weighted by Crippen LogP contribution is 2.39. The molecule has 1 fully saturated rings. The van der Waals surface area contributed by atoms with Crippen LogP contribution in [-0.4, -0.2) is 20.6 Å². The van der Waals surface area contributed by atoms with Crippen LogP contribution in [0.1, 0.15) is 35.6 Å². The minimum Gasteiger partial charge on any atom is -0.347 e. The van der Waals surface area contributed by atoms with Gasteiger partial charge in [0.15, 0.2) is 5.82 Å². The van der Waals surface area contributed by atoms with E-state index in [4.69, 9.17) is 4.52 Å². The van der Waals surface area contributed by atoms with Crippen LogP contribution in [0.15, 0.2) is 29.2 Å². The molecule has 6 heteroatoms. The molecule has 0 spiro atoms. The summed E-state index contributed by atoms with van der Waals surface area (Å²) in [6.45, 7) is 0. The third-order valence-electron chi connectivity index (χ3n) is 3.53. The van der Waals surface area contributed by atoms with Gasteiger partial charge in [-0.3, -0.25) is 4.79 Å². The van der Waals surface area contributed by atoms with Crippen molar-refractivity contribution in [2.75, 3.05) is 0 Å². The molecule has 0 atom stereocenters. The topological polar surface area (TPSA) is 73.0 Å². The van der Waals surface area contributed by atoms with Crippen LogP contribution in [0.3, 0.4) is 0 Å². The molecule has 3 rings (SSSR count). The molecule has 6 nitrogen and oxygen atoms in total. The maximum atomic E-state index is 12.2. The Morgan fingerprint density at radius 3 is 2.89 bits per heavy atom. The number of carbonyl (C=O) groups is 1. The maximum absolute atomic E-state index is 12.2. The van der Waals surface area contributed by atoms with E-state index in [1.807, 2.05) is 19.3 Å². The Morgan fingerprint density at radius 1 is 1.56 bits per heavy atom. The van der Waals surface area contributed by atoms with E-state index in [0.29, 0.717) is 11.5 Å². The number of hydrogen-bond donors (Lipinski definition) is 1. The molecule has 1 aliphatic carbocycles. The molecule has 0 radical (unpaired) electrons. The lowest BCUT2D eigenvalue weighted by Crippen LogP contribution is -2.51. The summed E-state index contributed by atoms with van der Waals surface area (Å²) in [5, 5.41) is 6.89. The molecule has 1 N–H and O–H groups in total. The minimum absolute atomic E-state index is 0.105. The number of hydrogen-bond acceptors (Lipinski definition) is 4. The average Bonchev–Trinajstić information content (AvgIpc) is 2.93. The van der Waals surface area contributed by atoms with Crippen molar-refractivity contribution in [1.29, 1.82) is 0 Å². The number of aromatic nitrogens is 3. The standard InChI is InChI=1S/C12H14N4O2/c1-16-7-2-4-9(16)10(17)14-12(5-3-6-12)11-13-8-18-15-11/h2,4,7-8H,3,5-6H2,1H3,(H,14,17). The molecule has 0 aromatic carbocycles. The zero-order valence-corrected chi connectivity index (χ0v) is 10.1. The van der Waals surface area contributed by atoms with Crippen LogP contribution in [0, 0.1) is 0 Å². The van der Waals surface area contributed by atoms with Crippen molar-refractivity contribution >= 4 is 5.91 Å². The van der Waals surface area contributed by atoms with Gasteiger partial charge in [0.05, 0.1) is 0 Å². The average molecular weight is 246 g/mol. The van der Waals surface area contributed by atoms with Crippen molar-refractivity contribution in [2.45, 2.75) is 24.8 Å². The van der Waals surface area contributed by atoms with Crippen LogP contribution in [0.2, 0.25) is 0 Å². The quantitative estimate of drug-likeness (QED) is 0.883. The molecule has 0 bridgehead atoms. The number of aryl methyl sites for hydroxylation is 1. The highest BCUT2D eigenvalue weighted by atomic mass is 16.5. The highest BCUT2D eigenvalue weighted by Gasteiger charge is 2.44. The number of amides is 1. The highest BCUT2D eigenvalue weighted by molar-refractivity contribution is 5.93. The molecule has 94 valence electrons. The Labute approximate surface area is 104 Å². The number of rotatable bonds is 3. The molecule has 1 saturated carbocycles. The molecular formula is C12H14N4O2. The van der Waals surface area contributed by atoms with E-state index in [9.17, 15) is 4.79 Å². The van der Waals surface area contributed by atoms with Crippen molar-refractivity contribution in [1.82, 2.24) is 20.0 Å². The van der Waals surface area contributed by atoms with E-state index in [1.165, 1.54) is 6.39 Å². The first kappa shape index (κ1) is 11.0. The van der Waals surface area contributed by atoms with E-state index in [2.05, 4.69) is 15.5 Å². The first-order valence-electron chi connectivity index (χ1n) is 5.92. The summed E-state index contributed by atoms with van der Waals surface area (Å²) in [5.74, 6) is 0.461. The minimum atomic E-state index is -0.450. The summed E-state index contributed by atoms with van der Waals surface area (Å²) in [4.78, 5) is 16.3. The monoisotopic (exact) mass is 246 g/mol. The molecule has 18 heavy (non-hydrogen) atoms. The van der Waals surface area contributed by atoms with Gasteiger partial charge in [-0.1, -0.05) is 5.16 Å². The fourth-order valence-corrected chi connectivity index (χ4v) is 2.29. The normalized spacial score (nSPS) is 17.2. The van der Waals surface area contributed by atoms with E-state index >= 15 is 0 Å². The Balaban J connectivity index is 1.83. The molecule has 2 aromatic heterocycles. The van der Waals surface area contributed by atoms with Crippen LogP contribution >= 0.6 is 0 Å². The summed E-state index contributed by atoms with van der Waals surface area (Å²) in [5.41, 5.74) is 0.179. The third kappa shape index (κ3) is 1.61. The summed E-state index contributed by atoms with van der Waals surface area (Å²) >= 11 is 0. The number of nitrogens with zero attached hydrogens (tertiary/aromatic N) is 3. The molecule has 0 aliphatic heterocycles. The number of nitrogens with one attached hydrogen (secondary N) is 1. The smallest absolute Gasteiger partial charge is 0.268 e. The Bertz CT molecular complexity index is 554. The van der Waals surface area contributed by atoms with Crippen LogP contribution in [0.25, 0.3) is 0 Å². The molecule has 1 amide bonds.